The van der Waals surface area contributed by atoms with Gasteiger partial charge in [-0.25, -0.2) is 4.79 Å². The number of nitrogens with zero attached hydrogens (tertiary/aromatic N) is 2. The van der Waals surface area contributed by atoms with E-state index in [1.807, 2.05) is 35.2 Å². The molecule has 18 heavy (non-hydrogen) atoms. The van der Waals surface area contributed by atoms with Gasteiger partial charge in [-0.1, -0.05) is 30.3 Å². The van der Waals surface area contributed by atoms with Gasteiger partial charge in [-0.05, 0) is 19.5 Å². The lowest BCUT2D eigenvalue weighted by Crippen LogP contribution is -2.52. The summed E-state index contributed by atoms with van der Waals surface area (Å²) < 4.78 is 5.34. The summed E-state index contributed by atoms with van der Waals surface area (Å²) in [6.45, 7) is 4.95. The van der Waals surface area contributed by atoms with Crippen molar-refractivity contribution in [2.24, 2.45) is 0 Å². The van der Waals surface area contributed by atoms with Crippen LogP contribution in [0.5, 0.6) is 0 Å². The zero-order valence-corrected chi connectivity index (χ0v) is 11.0. The topological polar surface area (TPSA) is 32.8 Å². The third-order valence-electron chi connectivity index (χ3n) is 3.27. The molecular formula is C14H20N2O2. The quantitative estimate of drug-likeness (QED) is 0.802. The van der Waals surface area contributed by atoms with Gasteiger partial charge in [-0.3, -0.25) is 0 Å². The van der Waals surface area contributed by atoms with Crippen LogP contribution in [0.25, 0.3) is 0 Å². The first-order valence-electron chi connectivity index (χ1n) is 6.32. The molecule has 1 heterocycles. The first-order valence-corrected chi connectivity index (χ1v) is 6.32. The van der Waals surface area contributed by atoms with Gasteiger partial charge in [0.25, 0.3) is 0 Å². The maximum Gasteiger partial charge on any atom is 0.410 e. The van der Waals surface area contributed by atoms with Crippen molar-refractivity contribution in [1.82, 2.24) is 9.80 Å². The molecule has 1 aliphatic rings. The Kier molecular flexibility index (Phi) is 4.20. The Hall–Kier alpha value is -1.55. The minimum absolute atomic E-state index is 0.209. The summed E-state index contributed by atoms with van der Waals surface area (Å²) in [4.78, 5) is 16.0. The molecule has 1 saturated heterocycles. The van der Waals surface area contributed by atoms with Crippen molar-refractivity contribution in [3.8, 4) is 0 Å². The van der Waals surface area contributed by atoms with Crippen LogP contribution < -0.4 is 0 Å². The minimum Gasteiger partial charge on any atom is -0.445 e. The Morgan fingerprint density at radius 3 is 2.72 bits per heavy atom. The van der Waals surface area contributed by atoms with E-state index in [9.17, 15) is 4.79 Å². The number of amides is 1. The molecule has 1 fully saturated rings. The second-order valence-corrected chi connectivity index (χ2v) is 4.84. The highest BCUT2D eigenvalue weighted by molar-refractivity contribution is 5.68. The van der Waals surface area contributed by atoms with E-state index >= 15 is 0 Å². The largest absolute Gasteiger partial charge is 0.445 e. The standard InChI is InChI=1S/C14H20N2O2/c1-12-10-15(2)8-9-16(12)14(17)18-11-13-6-4-3-5-7-13/h3-7,12H,8-11H2,1-2H3/t12-/m1/s1. The maximum absolute atomic E-state index is 12.0. The fraction of sp³-hybridized carbons (Fsp3) is 0.500. The molecule has 1 aromatic carbocycles. The van der Waals surface area contributed by atoms with Gasteiger partial charge in [0.15, 0.2) is 0 Å². The molecule has 98 valence electrons. The summed E-state index contributed by atoms with van der Waals surface area (Å²) in [7, 11) is 2.07. The second-order valence-electron chi connectivity index (χ2n) is 4.84. The SMILES string of the molecule is C[C@@H]1CN(C)CCN1C(=O)OCc1ccccc1. The number of hydrogen-bond acceptors (Lipinski definition) is 3. The van der Waals surface area contributed by atoms with Crippen LogP contribution in [0.2, 0.25) is 0 Å². The highest BCUT2D eigenvalue weighted by Crippen LogP contribution is 2.11. The zero-order chi connectivity index (χ0) is 13.0. The number of carbonyl (C=O) groups excluding carboxylic acids is 1. The van der Waals surface area contributed by atoms with Gasteiger partial charge in [-0.15, -0.1) is 0 Å². The lowest BCUT2D eigenvalue weighted by Gasteiger charge is -2.37. The fourth-order valence-electron chi connectivity index (χ4n) is 2.21. The molecule has 0 aromatic heterocycles. The molecule has 1 amide bonds. The molecule has 0 unspecified atom stereocenters. The van der Waals surface area contributed by atoms with Crippen molar-refractivity contribution in [2.45, 2.75) is 19.6 Å². The maximum atomic E-state index is 12.0. The van der Waals surface area contributed by atoms with Crippen LogP contribution in [0.3, 0.4) is 0 Å². The van der Waals surface area contributed by atoms with Crippen LogP contribution in [0.1, 0.15) is 12.5 Å². The summed E-state index contributed by atoms with van der Waals surface area (Å²) in [6, 6.07) is 9.98. The molecule has 2 rings (SSSR count). The molecule has 1 atom stereocenters. The first kappa shape index (κ1) is 12.9. The molecule has 4 nitrogen and oxygen atoms in total. The monoisotopic (exact) mass is 248 g/mol. The zero-order valence-electron chi connectivity index (χ0n) is 11.0. The lowest BCUT2D eigenvalue weighted by molar-refractivity contribution is 0.0545. The van der Waals surface area contributed by atoms with Gasteiger partial charge >= 0.3 is 6.09 Å². The van der Waals surface area contributed by atoms with E-state index in [4.69, 9.17) is 4.74 Å². The predicted octanol–water partition coefficient (Wildman–Crippen LogP) is 1.96. The van der Waals surface area contributed by atoms with Crippen LogP contribution in [0.4, 0.5) is 4.79 Å². The smallest absolute Gasteiger partial charge is 0.410 e. The number of ether oxygens (including phenoxy) is 1. The molecule has 1 aromatic rings. The van der Waals surface area contributed by atoms with Crippen molar-refractivity contribution in [1.29, 1.82) is 0 Å². The van der Waals surface area contributed by atoms with Gasteiger partial charge in [0.2, 0.25) is 0 Å². The van der Waals surface area contributed by atoms with Gasteiger partial charge < -0.3 is 14.5 Å². The van der Waals surface area contributed by atoms with Crippen LogP contribution in [-0.4, -0.2) is 48.6 Å². The van der Waals surface area contributed by atoms with Crippen LogP contribution in [0, 0.1) is 0 Å². The fourth-order valence-corrected chi connectivity index (χ4v) is 2.21. The molecule has 0 spiro atoms. The van der Waals surface area contributed by atoms with Crippen molar-refractivity contribution >= 4 is 6.09 Å². The van der Waals surface area contributed by atoms with E-state index in [-0.39, 0.29) is 12.1 Å². The normalized spacial score (nSPS) is 20.8. The highest BCUT2D eigenvalue weighted by Gasteiger charge is 2.26. The van der Waals surface area contributed by atoms with E-state index in [1.165, 1.54) is 0 Å². The lowest BCUT2D eigenvalue weighted by atomic mass is 10.2. The minimum atomic E-state index is -0.209. The number of benzene rings is 1. The molecule has 4 heteroatoms. The van der Waals surface area contributed by atoms with Crippen molar-refractivity contribution in [3.05, 3.63) is 35.9 Å². The number of piperazine rings is 1. The van der Waals surface area contributed by atoms with Gasteiger partial charge in [0, 0.05) is 25.7 Å². The third-order valence-corrected chi connectivity index (χ3v) is 3.27. The Bertz CT molecular complexity index is 394. The third kappa shape index (κ3) is 3.23. The summed E-state index contributed by atoms with van der Waals surface area (Å²) in [5.74, 6) is 0. The Morgan fingerprint density at radius 2 is 2.06 bits per heavy atom. The summed E-state index contributed by atoms with van der Waals surface area (Å²) in [5.41, 5.74) is 1.02. The second kappa shape index (κ2) is 5.87. The molecule has 0 aliphatic carbocycles. The molecule has 1 aliphatic heterocycles. The van der Waals surface area contributed by atoms with Gasteiger partial charge in [0.1, 0.15) is 6.61 Å². The summed E-state index contributed by atoms with van der Waals surface area (Å²) >= 11 is 0. The first-order chi connectivity index (χ1) is 8.66. The van der Waals surface area contributed by atoms with Gasteiger partial charge in [0.05, 0.1) is 0 Å². The van der Waals surface area contributed by atoms with E-state index < -0.39 is 0 Å². The van der Waals surface area contributed by atoms with Crippen LogP contribution in [0.15, 0.2) is 30.3 Å². The number of hydrogen-bond donors (Lipinski definition) is 0. The van der Waals surface area contributed by atoms with Crippen molar-refractivity contribution < 1.29 is 9.53 Å². The van der Waals surface area contributed by atoms with Crippen LogP contribution in [-0.2, 0) is 11.3 Å². The summed E-state index contributed by atoms with van der Waals surface area (Å²) in [6.07, 6.45) is -0.209. The van der Waals surface area contributed by atoms with E-state index in [2.05, 4.69) is 18.9 Å². The Morgan fingerprint density at radius 1 is 1.33 bits per heavy atom. The molecular weight excluding hydrogens is 228 g/mol. The number of rotatable bonds is 2. The van der Waals surface area contributed by atoms with Crippen LogP contribution >= 0.6 is 0 Å². The predicted molar refractivity (Wildman–Crippen MR) is 70.3 cm³/mol. The van der Waals surface area contributed by atoms with Crippen molar-refractivity contribution in [3.63, 3.8) is 0 Å². The Labute approximate surface area is 108 Å². The Balaban J connectivity index is 1.85. The molecule has 0 N–H and O–H groups in total. The highest BCUT2D eigenvalue weighted by atomic mass is 16.6. The van der Waals surface area contributed by atoms with Gasteiger partial charge in [-0.2, -0.15) is 0 Å². The molecule has 0 bridgehead atoms. The number of likely N-dealkylation sites (N-methyl/N-ethyl adjacent to an activating group) is 1. The molecule has 0 saturated carbocycles. The average Bonchev–Trinajstić information content (AvgIpc) is 2.37. The summed E-state index contributed by atoms with van der Waals surface area (Å²) in [5, 5.41) is 0. The molecule has 0 radical (unpaired) electrons. The van der Waals surface area contributed by atoms with E-state index in [1.54, 1.807) is 0 Å². The van der Waals surface area contributed by atoms with E-state index in [0.717, 1.165) is 25.2 Å². The van der Waals surface area contributed by atoms with Crippen molar-refractivity contribution in [2.75, 3.05) is 26.7 Å². The average molecular weight is 248 g/mol. The number of carbonyl (C=O) groups is 1. The van der Waals surface area contributed by atoms with E-state index in [0.29, 0.717) is 6.61 Å².